The Balaban J connectivity index is 2.03. The molecular weight excluding hydrogens is 306 g/mol. The van der Waals surface area contributed by atoms with E-state index in [1.807, 2.05) is 6.92 Å². The SMILES string of the molecule is CCCNC(=O)c1ccnc(C(=O)NC2CCS(=O)(=O)C2)c1. The van der Waals surface area contributed by atoms with Crippen LogP contribution < -0.4 is 10.6 Å². The number of pyridine rings is 1. The van der Waals surface area contributed by atoms with Crippen LogP contribution in [0.1, 0.15) is 40.6 Å². The van der Waals surface area contributed by atoms with Crippen molar-refractivity contribution in [3.63, 3.8) is 0 Å². The van der Waals surface area contributed by atoms with Crippen molar-refractivity contribution >= 4 is 21.7 Å². The molecule has 120 valence electrons. The van der Waals surface area contributed by atoms with E-state index in [0.717, 1.165) is 6.42 Å². The topological polar surface area (TPSA) is 105 Å². The monoisotopic (exact) mass is 325 g/mol. The second kappa shape index (κ2) is 6.87. The van der Waals surface area contributed by atoms with Gasteiger partial charge in [-0.25, -0.2) is 8.42 Å². The second-order valence-electron chi connectivity index (χ2n) is 5.26. The summed E-state index contributed by atoms with van der Waals surface area (Å²) in [6.07, 6.45) is 2.62. The van der Waals surface area contributed by atoms with Crippen LogP contribution in [0.5, 0.6) is 0 Å². The lowest BCUT2D eigenvalue weighted by Gasteiger charge is -2.11. The van der Waals surface area contributed by atoms with E-state index >= 15 is 0 Å². The lowest BCUT2D eigenvalue weighted by molar-refractivity contribution is 0.0936. The van der Waals surface area contributed by atoms with Crippen LogP contribution in [-0.4, -0.2) is 49.3 Å². The van der Waals surface area contributed by atoms with Gasteiger partial charge in [0.05, 0.1) is 11.5 Å². The van der Waals surface area contributed by atoms with E-state index in [4.69, 9.17) is 0 Å². The molecule has 1 aliphatic rings. The minimum Gasteiger partial charge on any atom is -0.352 e. The Morgan fingerprint density at radius 2 is 2.14 bits per heavy atom. The highest BCUT2D eigenvalue weighted by Crippen LogP contribution is 2.12. The Morgan fingerprint density at radius 3 is 2.77 bits per heavy atom. The third kappa shape index (κ3) is 4.27. The Hall–Kier alpha value is -1.96. The van der Waals surface area contributed by atoms with E-state index in [-0.39, 0.29) is 23.1 Å². The standard InChI is InChI=1S/C14H19N3O4S/c1-2-5-16-13(18)10-3-6-15-12(8-10)14(19)17-11-4-7-22(20,21)9-11/h3,6,8,11H,2,4-5,7,9H2,1H3,(H,16,18)(H,17,19). The number of sulfone groups is 1. The molecule has 0 aliphatic carbocycles. The molecule has 1 aliphatic heterocycles. The molecule has 2 amide bonds. The molecule has 2 heterocycles. The smallest absolute Gasteiger partial charge is 0.270 e. The van der Waals surface area contributed by atoms with Crippen LogP contribution in [-0.2, 0) is 9.84 Å². The van der Waals surface area contributed by atoms with Crippen molar-refractivity contribution in [3.8, 4) is 0 Å². The summed E-state index contributed by atoms with van der Waals surface area (Å²) in [4.78, 5) is 27.9. The average Bonchev–Trinajstić information content (AvgIpc) is 2.83. The largest absolute Gasteiger partial charge is 0.352 e. The van der Waals surface area contributed by atoms with Crippen LogP contribution in [0.2, 0.25) is 0 Å². The molecule has 1 aromatic rings. The molecule has 1 saturated heterocycles. The number of nitrogens with one attached hydrogen (secondary N) is 2. The van der Waals surface area contributed by atoms with E-state index in [1.54, 1.807) is 0 Å². The fourth-order valence-electron chi connectivity index (χ4n) is 2.20. The van der Waals surface area contributed by atoms with Gasteiger partial charge in [0.1, 0.15) is 5.69 Å². The minimum absolute atomic E-state index is 0.0462. The zero-order chi connectivity index (χ0) is 16.2. The van der Waals surface area contributed by atoms with Crippen LogP contribution in [0.4, 0.5) is 0 Å². The van der Waals surface area contributed by atoms with Gasteiger partial charge >= 0.3 is 0 Å². The van der Waals surface area contributed by atoms with Crippen molar-refractivity contribution in [2.75, 3.05) is 18.1 Å². The van der Waals surface area contributed by atoms with Crippen molar-refractivity contribution in [3.05, 3.63) is 29.6 Å². The van der Waals surface area contributed by atoms with Crippen LogP contribution in [0.3, 0.4) is 0 Å². The van der Waals surface area contributed by atoms with Gasteiger partial charge in [0.25, 0.3) is 11.8 Å². The zero-order valence-electron chi connectivity index (χ0n) is 12.3. The maximum atomic E-state index is 12.1. The first kappa shape index (κ1) is 16.4. The first-order chi connectivity index (χ1) is 10.4. The summed E-state index contributed by atoms with van der Waals surface area (Å²) in [6.45, 7) is 2.50. The molecule has 1 aromatic heterocycles. The number of hydrogen-bond donors (Lipinski definition) is 2. The minimum atomic E-state index is -3.05. The number of carbonyl (C=O) groups is 2. The third-order valence-corrected chi connectivity index (χ3v) is 5.13. The van der Waals surface area contributed by atoms with Crippen LogP contribution in [0, 0.1) is 0 Å². The molecule has 22 heavy (non-hydrogen) atoms. The number of rotatable bonds is 5. The molecule has 2 N–H and O–H groups in total. The molecule has 1 atom stereocenters. The van der Waals surface area contributed by atoms with Gasteiger partial charge in [0, 0.05) is 24.3 Å². The van der Waals surface area contributed by atoms with Crippen LogP contribution in [0.15, 0.2) is 18.3 Å². The summed E-state index contributed by atoms with van der Waals surface area (Å²) in [7, 11) is -3.05. The summed E-state index contributed by atoms with van der Waals surface area (Å²) in [5.74, 6) is -0.686. The van der Waals surface area contributed by atoms with Gasteiger partial charge < -0.3 is 10.6 Å². The molecule has 1 fully saturated rings. The molecular formula is C14H19N3O4S. The predicted molar refractivity (Wildman–Crippen MR) is 81.4 cm³/mol. The maximum absolute atomic E-state index is 12.1. The van der Waals surface area contributed by atoms with E-state index in [9.17, 15) is 18.0 Å². The number of aromatic nitrogens is 1. The van der Waals surface area contributed by atoms with Crippen LogP contribution >= 0.6 is 0 Å². The molecule has 0 saturated carbocycles. The van der Waals surface area contributed by atoms with Gasteiger partial charge in [-0.1, -0.05) is 6.92 Å². The van der Waals surface area contributed by atoms with E-state index < -0.39 is 21.8 Å². The van der Waals surface area contributed by atoms with Gasteiger partial charge in [-0.15, -0.1) is 0 Å². The molecule has 7 nitrogen and oxygen atoms in total. The molecule has 0 radical (unpaired) electrons. The Bertz CT molecular complexity index is 672. The Kier molecular flexibility index (Phi) is 5.12. The first-order valence-electron chi connectivity index (χ1n) is 7.17. The average molecular weight is 325 g/mol. The molecule has 1 unspecified atom stereocenters. The highest BCUT2D eigenvalue weighted by molar-refractivity contribution is 7.91. The van der Waals surface area contributed by atoms with Crippen molar-refractivity contribution < 1.29 is 18.0 Å². The van der Waals surface area contributed by atoms with Crippen molar-refractivity contribution in [1.82, 2.24) is 15.6 Å². The van der Waals surface area contributed by atoms with Crippen molar-refractivity contribution in [2.45, 2.75) is 25.8 Å². The predicted octanol–water partition coefficient (Wildman–Crippen LogP) is 0.138. The van der Waals surface area contributed by atoms with E-state index in [2.05, 4.69) is 15.6 Å². The number of nitrogens with zero attached hydrogens (tertiary/aromatic N) is 1. The van der Waals surface area contributed by atoms with E-state index in [0.29, 0.717) is 18.5 Å². The summed E-state index contributed by atoms with van der Waals surface area (Å²) in [5.41, 5.74) is 0.459. The van der Waals surface area contributed by atoms with Crippen molar-refractivity contribution in [1.29, 1.82) is 0 Å². The van der Waals surface area contributed by atoms with Gasteiger partial charge in [-0.05, 0) is 25.0 Å². The summed E-state index contributed by atoms with van der Waals surface area (Å²) < 4.78 is 22.8. The third-order valence-electron chi connectivity index (χ3n) is 3.36. The number of amides is 2. The molecule has 0 aromatic carbocycles. The molecule has 2 rings (SSSR count). The second-order valence-corrected chi connectivity index (χ2v) is 7.49. The summed E-state index contributed by atoms with van der Waals surface area (Å²) in [5, 5.41) is 5.37. The zero-order valence-corrected chi connectivity index (χ0v) is 13.1. The summed E-state index contributed by atoms with van der Waals surface area (Å²) >= 11 is 0. The lowest BCUT2D eigenvalue weighted by Crippen LogP contribution is -2.36. The Morgan fingerprint density at radius 1 is 1.36 bits per heavy atom. The highest BCUT2D eigenvalue weighted by atomic mass is 32.2. The molecule has 8 heteroatoms. The van der Waals surface area contributed by atoms with Crippen LogP contribution in [0.25, 0.3) is 0 Å². The first-order valence-corrected chi connectivity index (χ1v) is 8.99. The van der Waals surface area contributed by atoms with E-state index in [1.165, 1.54) is 18.3 Å². The lowest BCUT2D eigenvalue weighted by atomic mass is 10.2. The number of carbonyl (C=O) groups excluding carboxylic acids is 2. The molecule has 0 spiro atoms. The van der Waals surface area contributed by atoms with Gasteiger partial charge in [0.2, 0.25) is 0 Å². The number of hydrogen-bond acceptors (Lipinski definition) is 5. The van der Waals surface area contributed by atoms with Gasteiger partial charge in [-0.3, -0.25) is 14.6 Å². The highest BCUT2D eigenvalue weighted by Gasteiger charge is 2.29. The molecule has 0 bridgehead atoms. The van der Waals surface area contributed by atoms with Crippen molar-refractivity contribution in [2.24, 2.45) is 0 Å². The quantitative estimate of drug-likeness (QED) is 0.801. The van der Waals surface area contributed by atoms with Gasteiger partial charge in [0.15, 0.2) is 9.84 Å². The normalized spacial score (nSPS) is 19.6. The van der Waals surface area contributed by atoms with Gasteiger partial charge in [-0.2, -0.15) is 0 Å². The maximum Gasteiger partial charge on any atom is 0.270 e. The summed E-state index contributed by atoms with van der Waals surface area (Å²) in [6, 6.07) is 2.54. The fraction of sp³-hybridized carbons (Fsp3) is 0.500. The fourth-order valence-corrected chi connectivity index (χ4v) is 3.88. The Labute approximate surface area is 129 Å².